The Labute approximate surface area is 381 Å². The second kappa shape index (κ2) is 15.8. The van der Waals surface area contributed by atoms with Gasteiger partial charge in [0.2, 0.25) is 0 Å². The standard InChI is InChI=1S/C64H45N/c1-64(47-24-6-3-7-25-47)59-35-18-16-34-57(59)63-60(64)36-20-38-62(63)65(48-41-39-45(40-42-48)58-43-46-23-8-9-27-50(46)52-29-12-15-32-55(52)58)61-37-19-17-33-56(61)54-31-14-13-30-53(54)51-28-11-10-26-49(51)44-21-4-2-5-22-44/h2-43H,1H3. The topological polar surface area (TPSA) is 3.24 Å². The zero-order chi connectivity index (χ0) is 43.3. The van der Waals surface area contributed by atoms with Crippen molar-refractivity contribution < 1.29 is 0 Å². The van der Waals surface area contributed by atoms with Crippen LogP contribution < -0.4 is 4.90 Å². The van der Waals surface area contributed by atoms with Crippen molar-refractivity contribution in [3.8, 4) is 55.6 Å². The minimum Gasteiger partial charge on any atom is -0.309 e. The molecular formula is C64H45N. The van der Waals surface area contributed by atoms with E-state index in [0.717, 1.165) is 22.6 Å². The van der Waals surface area contributed by atoms with Crippen molar-refractivity contribution in [1.82, 2.24) is 0 Å². The summed E-state index contributed by atoms with van der Waals surface area (Å²) in [6.45, 7) is 2.40. The van der Waals surface area contributed by atoms with Gasteiger partial charge in [-0.15, -0.1) is 0 Å². The fraction of sp³-hybridized carbons (Fsp3) is 0.0312. The van der Waals surface area contributed by atoms with Gasteiger partial charge in [-0.3, -0.25) is 0 Å². The van der Waals surface area contributed by atoms with Crippen molar-refractivity contribution in [2.45, 2.75) is 12.3 Å². The van der Waals surface area contributed by atoms with Crippen molar-refractivity contribution in [3.05, 3.63) is 271 Å². The molecular weight excluding hydrogens is 783 g/mol. The maximum atomic E-state index is 2.52. The monoisotopic (exact) mass is 827 g/mol. The molecule has 0 saturated carbocycles. The van der Waals surface area contributed by atoms with Crippen molar-refractivity contribution >= 4 is 38.6 Å². The molecule has 0 spiro atoms. The molecule has 1 nitrogen and oxygen atoms in total. The zero-order valence-electron chi connectivity index (χ0n) is 36.2. The summed E-state index contributed by atoms with van der Waals surface area (Å²) in [5, 5.41) is 5.05. The maximum Gasteiger partial charge on any atom is 0.0543 e. The molecule has 1 unspecified atom stereocenters. The predicted molar refractivity (Wildman–Crippen MR) is 275 cm³/mol. The van der Waals surface area contributed by atoms with Crippen LogP contribution in [0.3, 0.4) is 0 Å². The molecule has 0 fully saturated rings. The van der Waals surface area contributed by atoms with Crippen LogP contribution in [-0.2, 0) is 5.41 Å². The highest BCUT2D eigenvalue weighted by Crippen LogP contribution is 2.57. The lowest BCUT2D eigenvalue weighted by Crippen LogP contribution is -2.22. The molecule has 0 N–H and O–H groups in total. The summed E-state index contributed by atoms with van der Waals surface area (Å²) in [4.78, 5) is 2.52. The lowest BCUT2D eigenvalue weighted by atomic mass is 9.74. The number of nitrogens with zero attached hydrogens (tertiary/aromatic N) is 1. The Kier molecular flexibility index (Phi) is 9.35. The number of fused-ring (bicyclic) bond motifs is 6. The van der Waals surface area contributed by atoms with E-state index in [4.69, 9.17) is 0 Å². The quantitative estimate of drug-likeness (QED) is 0.138. The van der Waals surface area contributed by atoms with Gasteiger partial charge < -0.3 is 4.90 Å². The van der Waals surface area contributed by atoms with Crippen LogP contribution in [-0.4, -0.2) is 0 Å². The molecule has 0 aromatic heterocycles. The Hall–Kier alpha value is -8.26. The molecule has 0 saturated heterocycles. The fourth-order valence-electron chi connectivity index (χ4n) is 10.7. The first-order chi connectivity index (χ1) is 32.2. The van der Waals surface area contributed by atoms with Crippen LogP contribution in [0.5, 0.6) is 0 Å². The van der Waals surface area contributed by atoms with E-state index in [-0.39, 0.29) is 5.41 Å². The first kappa shape index (κ1) is 38.4. The van der Waals surface area contributed by atoms with Crippen LogP contribution in [0.2, 0.25) is 0 Å². The van der Waals surface area contributed by atoms with Crippen molar-refractivity contribution in [2.24, 2.45) is 0 Å². The third-order valence-electron chi connectivity index (χ3n) is 13.8. The Morgan fingerprint density at radius 2 is 0.800 bits per heavy atom. The minimum absolute atomic E-state index is 0.344. The second-order valence-electron chi connectivity index (χ2n) is 17.3. The predicted octanol–water partition coefficient (Wildman–Crippen LogP) is 17.5. The van der Waals surface area contributed by atoms with Gasteiger partial charge in [0.05, 0.1) is 11.4 Å². The SMILES string of the molecule is CC1(c2ccccc2)c2ccccc2-c2c(N(c3ccc(-c4cc5ccccc5c5ccccc45)cc3)c3ccccc3-c3ccccc3-c3ccccc3-c3ccccc3)cccc21. The lowest BCUT2D eigenvalue weighted by Gasteiger charge is -2.32. The van der Waals surface area contributed by atoms with Crippen molar-refractivity contribution in [3.63, 3.8) is 0 Å². The van der Waals surface area contributed by atoms with E-state index in [1.165, 1.54) is 88.3 Å². The number of benzene rings is 11. The average molecular weight is 828 g/mol. The lowest BCUT2D eigenvalue weighted by molar-refractivity contribution is 0.714. The van der Waals surface area contributed by atoms with Crippen LogP contribution in [0, 0.1) is 0 Å². The molecule has 11 aromatic carbocycles. The summed E-state index contributed by atoms with van der Waals surface area (Å²) in [5.74, 6) is 0. The van der Waals surface area contributed by atoms with Gasteiger partial charge in [-0.25, -0.2) is 0 Å². The Morgan fingerprint density at radius 3 is 1.54 bits per heavy atom. The number of hydrogen-bond acceptors (Lipinski definition) is 1. The Morgan fingerprint density at radius 1 is 0.308 bits per heavy atom. The third-order valence-corrected chi connectivity index (χ3v) is 13.8. The third kappa shape index (κ3) is 6.31. The summed E-state index contributed by atoms with van der Waals surface area (Å²) in [6, 6.07) is 93.6. The molecule has 65 heavy (non-hydrogen) atoms. The summed E-state index contributed by atoms with van der Waals surface area (Å²) in [5.41, 5.74) is 19.0. The summed E-state index contributed by atoms with van der Waals surface area (Å²) in [6.07, 6.45) is 0. The number of rotatable bonds is 8. The highest BCUT2D eigenvalue weighted by atomic mass is 15.1. The van der Waals surface area contributed by atoms with Gasteiger partial charge in [0, 0.05) is 22.2 Å². The highest BCUT2D eigenvalue weighted by Gasteiger charge is 2.42. The minimum atomic E-state index is -0.344. The molecule has 0 heterocycles. The molecule has 1 aliphatic rings. The average Bonchev–Trinajstić information content (AvgIpc) is 3.66. The van der Waals surface area contributed by atoms with Crippen LogP contribution in [0.25, 0.3) is 77.2 Å². The second-order valence-corrected chi connectivity index (χ2v) is 17.3. The molecule has 1 heteroatoms. The van der Waals surface area contributed by atoms with E-state index in [0.29, 0.717) is 0 Å². The van der Waals surface area contributed by atoms with Gasteiger partial charge in [0.15, 0.2) is 0 Å². The van der Waals surface area contributed by atoms with E-state index >= 15 is 0 Å². The zero-order valence-corrected chi connectivity index (χ0v) is 36.2. The van der Waals surface area contributed by atoms with Gasteiger partial charge >= 0.3 is 0 Å². The van der Waals surface area contributed by atoms with Crippen LogP contribution in [0.1, 0.15) is 23.6 Å². The maximum absolute atomic E-state index is 2.52. The largest absolute Gasteiger partial charge is 0.309 e. The molecule has 11 aromatic rings. The first-order valence-corrected chi connectivity index (χ1v) is 22.6. The first-order valence-electron chi connectivity index (χ1n) is 22.6. The smallest absolute Gasteiger partial charge is 0.0543 e. The van der Waals surface area contributed by atoms with Crippen LogP contribution in [0.15, 0.2) is 255 Å². The molecule has 1 aliphatic carbocycles. The fourth-order valence-corrected chi connectivity index (χ4v) is 10.7. The van der Waals surface area contributed by atoms with E-state index in [2.05, 4.69) is 267 Å². The summed E-state index contributed by atoms with van der Waals surface area (Å²) in [7, 11) is 0. The van der Waals surface area contributed by atoms with Gasteiger partial charge in [0.25, 0.3) is 0 Å². The number of hydrogen-bond donors (Lipinski definition) is 0. The van der Waals surface area contributed by atoms with Gasteiger partial charge in [-0.05, 0) is 120 Å². The van der Waals surface area contributed by atoms with E-state index in [9.17, 15) is 0 Å². The van der Waals surface area contributed by atoms with Gasteiger partial charge in [-0.2, -0.15) is 0 Å². The van der Waals surface area contributed by atoms with E-state index < -0.39 is 0 Å². The molecule has 0 bridgehead atoms. The number of anilines is 3. The summed E-state index contributed by atoms with van der Waals surface area (Å²) < 4.78 is 0. The highest BCUT2D eigenvalue weighted by molar-refractivity contribution is 6.14. The molecule has 0 amide bonds. The van der Waals surface area contributed by atoms with Crippen LogP contribution >= 0.6 is 0 Å². The van der Waals surface area contributed by atoms with Gasteiger partial charge in [0.1, 0.15) is 0 Å². The molecule has 12 rings (SSSR count). The van der Waals surface area contributed by atoms with E-state index in [1.807, 2.05) is 0 Å². The molecule has 1 atom stereocenters. The molecule has 0 radical (unpaired) electrons. The van der Waals surface area contributed by atoms with Gasteiger partial charge in [-0.1, -0.05) is 224 Å². The van der Waals surface area contributed by atoms with Crippen molar-refractivity contribution in [2.75, 3.05) is 4.90 Å². The Bertz CT molecular complexity index is 3550. The van der Waals surface area contributed by atoms with Crippen molar-refractivity contribution in [1.29, 1.82) is 0 Å². The molecule has 0 aliphatic heterocycles. The van der Waals surface area contributed by atoms with Crippen LogP contribution in [0.4, 0.5) is 17.1 Å². The Balaban J connectivity index is 1.10. The normalized spacial score (nSPS) is 14.0. The number of para-hydroxylation sites is 1. The van der Waals surface area contributed by atoms with E-state index in [1.54, 1.807) is 0 Å². The summed E-state index contributed by atoms with van der Waals surface area (Å²) >= 11 is 0. The molecule has 306 valence electrons.